The molecule has 1 rings (SSSR count). The quantitative estimate of drug-likeness (QED) is 0.703. The van der Waals surface area contributed by atoms with Crippen LogP contribution < -0.4 is 0 Å². The lowest BCUT2D eigenvalue weighted by molar-refractivity contribution is -0.159. The number of carbonyl (C=O) groups is 3. The van der Waals surface area contributed by atoms with E-state index in [4.69, 9.17) is 0 Å². The van der Waals surface area contributed by atoms with E-state index in [0.29, 0.717) is 19.3 Å². The Hall–Kier alpha value is -1.59. The van der Waals surface area contributed by atoms with Gasteiger partial charge in [-0.25, -0.2) is 0 Å². The topological polar surface area (TPSA) is 60.9 Å². The first-order chi connectivity index (χ1) is 12.3. The molecule has 27 heavy (non-hydrogen) atoms. The van der Waals surface area contributed by atoms with E-state index in [1.165, 1.54) is 0 Å². The van der Waals surface area contributed by atoms with Gasteiger partial charge in [0.15, 0.2) is 0 Å². The summed E-state index contributed by atoms with van der Waals surface area (Å²) < 4.78 is 0. The second-order valence-corrected chi connectivity index (χ2v) is 10.1. The Bertz CT molecular complexity index is 494. The molecule has 1 aliphatic rings. The average molecular weight is 382 g/mol. The smallest absolute Gasteiger partial charge is 0.225 e. The lowest BCUT2D eigenvalue weighted by Gasteiger charge is -2.42. The molecule has 0 aromatic carbocycles. The molecule has 3 amide bonds. The number of amides is 3. The minimum atomic E-state index is -0.000516. The maximum Gasteiger partial charge on any atom is 0.225 e. The number of nitrogens with zero attached hydrogens (tertiary/aromatic N) is 3. The van der Waals surface area contributed by atoms with Gasteiger partial charge in [-0.15, -0.1) is 0 Å². The van der Waals surface area contributed by atoms with Crippen LogP contribution in [-0.2, 0) is 14.4 Å². The highest BCUT2D eigenvalue weighted by molar-refractivity contribution is 5.82. The van der Waals surface area contributed by atoms with Crippen LogP contribution in [0.15, 0.2) is 0 Å². The third-order valence-corrected chi connectivity index (χ3v) is 4.72. The van der Waals surface area contributed by atoms with Gasteiger partial charge >= 0.3 is 0 Å². The zero-order valence-corrected chi connectivity index (χ0v) is 18.4. The highest BCUT2D eigenvalue weighted by Gasteiger charge is 2.32. The second-order valence-electron chi connectivity index (χ2n) is 10.1. The molecule has 0 N–H and O–H groups in total. The zero-order valence-electron chi connectivity index (χ0n) is 18.4. The normalized spacial score (nSPS) is 15.9. The van der Waals surface area contributed by atoms with Gasteiger partial charge in [-0.1, -0.05) is 48.5 Å². The van der Waals surface area contributed by atoms with Gasteiger partial charge in [0, 0.05) is 19.3 Å². The molecular formula is C21H39N3O3. The molecule has 0 atom stereocenters. The summed E-state index contributed by atoms with van der Waals surface area (Å²) in [5.74, 6) is 0.0135. The average Bonchev–Trinajstić information content (AvgIpc) is 2.56. The van der Waals surface area contributed by atoms with Crippen molar-refractivity contribution in [2.24, 2.45) is 10.8 Å². The van der Waals surface area contributed by atoms with Gasteiger partial charge in [0.1, 0.15) is 0 Å². The van der Waals surface area contributed by atoms with Gasteiger partial charge in [-0.3, -0.25) is 14.4 Å². The summed E-state index contributed by atoms with van der Waals surface area (Å²) in [4.78, 5) is 42.8. The van der Waals surface area contributed by atoms with Crippen LogP contribution in [0, 0.1) is 10.8 Å². The summed E-state index contributed by atoms with van der Waals surface area (Å²) in [6, 6.07) is 0. The Balaban J connectivity index is 2.83. The number of hydrogen-bond acceptors (Lipinski definition) is 3. The number of carbonyl (C=O) groups excluding carboxylic acids is 3. The molecular weight excluding hydrogens is 342 g/mol. The molecule has 6 heteroatoms. The minimum absolute atomic E-state index is 0.000516. The largest absolute Gasteiger partial charge is 0.307 e. The van der Waals surface area contributed by atoms with E-state index in [1.807, 2.05) is 6.92 Å². The van der Waals surface area contributed by atoms with Crippen molar-refractivity contribution >= 4 is 17.7 Å². The lowest BCUT2D eigenvalue weighted by Crippen LogP contribution is -2.59. The standard InChI is InChI=1S/C21H39N3O3/c1-8-9-17(25)22-14-23(18(26)10-12-20(2,3)4)16-24(15-22)19(27)11-13-21(5,6)7/h8-16H2,1-7H3. The third kappa shape index (κ3) is 8.76. The molecule has 0 aromatic rings. The first kappa shape index (κ1) is 23.4. The number of hydrogen-bond donors (Lipinski definition) is 0. The fourth-order valence-electron chi connectivity index (χ4n) is 2.88. The van der Waals surface area contributed by atoms with Gasteiger partial charge in [0.05, 0.1) is 20.0 Å². The molecule has 6 nitrogen and oxygen atoms in total. The molecule has 0 radical (unpaired) electrons. The van der Waals surface area contributed by atoms with Gasteiger partial charge in [0.2, 0.25) is 17.7 Å². The molecule has 0 spiro atoms. The summed E-state index contributed by atoms with van der Waals surface area (Å²) in [6.07, 6.45) is 3.62. The van der Waals surface area contributed by atoms with Crippen LogP contribution in [0.3, 0.4) is 0 Å². The van der Waals surface area contributed by atoms with Crippen molar-refractivity contribution < 1.29 is 14.4 Å². The first-order valence-electron chi connectivity index (χ1n) is 10.2. The Morgan fingerprint density at radius 3 is 1.19 bits per heavy atom. The van der Waals surface area contributed by atoms with Crippen molar-refractivity contribution in [3.8, 4) is 0 Å². The molecule has 0 aromatic heterocycles. The van der Waals surface area contributed by atoms with Crippen molar-refractivity contribution in [2.45, 2.75) is 87.0 Å². The van der Waals surface area contributed by atoms with E-state index >= 15 is 0 Å². The van der Waals surface area contributed by atoms with Gasteiger partial charge < -0.3 is 14.7 Å². The van der Waals surface area contributed by atoms with Crippen molar-refractivity contribution in [1.29, 1.82) is 0 Å². The summed E-state index contributed by atoms with van der Waals surface area (Å²) in [7, 11) is 0. The summed E-state index contributed by atoms with van der Waals surface area (Å²) >= 11 is 0. The van der Waals surface area contributed by atoms with Crippen LogP contribution in [0.2, 0.25) is 0 Å². The van der Waals surface area contributed by atoms with Crippen LogP contribution in [0.1, 0.15) is 87.0 Å². The Kier molecular flexibility index (Phi) is 8.30. The van der Waals surface area contributed by atoms with Crippen LogP contribution in [0.25, 0.3) is 0 Å². The number of rotatable bonds is 6. The molecule has 156 valence electrons. The van der Waals surface area contributed by atoms with E-state index in [9.17, 15) is 14.4 Å². The Morgan fingerprint density at radius 1 is 0.630 bits per heavy atom. The molecule has 0 unspecified atom stereocenters. The van der Waals surface area contributed by atoms with E-state index in [1.54, 1.807) is 14.7 Å². The maximum absolute atomic E-state index is 12.7. The van der Waals surface area contributed by atoms with Gasteiger partial charge in [0.25, 0.3) is 0 Å². The molecule has 1 aliphatic heterocycles. The molecule has 0 saturated carbocycles. The highest BCUT2D eigenvalue weighted by atomic mass is 16.2. The highest BCUT2D eigenvalue weighted by Crippen LogP contribution is 2.24. The van der Waals surface area contributed by atoms with Crippen molar-refractivity contribution in [3.63, 3.8) is 0 Å². The van der Waals surface area contributed by atoms with Gasteiger partial charge in [-0.2, -0.15) is 0 Å². The monoisotopic (exact) mass is 381 g/mol. The van der Waals surface area contributed by atoms with Crippen LogP contribution in [-0.4, -0.2) is 52.4 Å². The molecule has 1 saturated heterocycles. The summed E-state index contributed by atoms with van der Waals surface area (Å²) in [5, 5.41) is 0. The molecule has 0 aliphatic carbocycles. The minimum Gasteiger partial charge on any atom is -0.307 e. The molecule has 0 bridgehead atoms. The Labute approximate surface area is 165 Å². The third-order valence-electron chi connectivity index (χ3n) is 4.72. The van der Waals surface area contributed by atoms with Crippen LogP contribution >= 0.6 is 0 Å². The fraction of sp³-hybridized carbons (Fsp3) is 0.857. The van der Waals surface area contributed by atoms with Gasteiger partial charge in [-0.05, 0) is 30.1 Å². The fourth-order valence-corrected chi connectivity index (χ4v) is 2.88. The Morgan fingerprint density at radius 2 is 0.926 bits per heavy atom. The molecule has 1 fully saturated rings. The SMILES string of the molecule is CCCC(=O)N1CN(C(=O)CCC(C)(C)C)CN(C(=O)CCC(C)(C)C)C1. The van der Waals surface area contributed by atoms with Crippen LogP contribution in [0.4, 0.5) is 0 Å². The van der Waals surface area contributed by atoms with Crippen molar-refractivity contribution in [1.82, 2.24) is 14.7 Å². The second kappa shape index (κ2) is 9.56. The van der Waals surface area contributed by atoms with E-state index in [0.717, 1.165) is 19.3 Å². The predicted octanol–water partition coefficient (Wildman–Crippen LogP) is 3.81. The van der Waals surface area contributed by atoms with E-state index in [2.05, 4.69) is 41.5 Å². The van der Waals surface area contributed by atoms with E-state index in [-0.39, 0.29) is 48.6 Å². The first-order valence-corrected chi connectivity index (χ1v) is 10.2. The summed E-state index contributed by atoms with van der Waals surface area (Å²) in [6.45, 7) is 15.4. The molecule has 1 heterocycles. The maximum atomic E-state index is 12.7. The predicted molar refractivity (Wildman–Crippen MR) is 107 cm³/mol. The summed E-state index contributed by atoms with van der Waals surface area (Å²) in [5.41, 5.74) is 0.150. The zero-order chi connectivity index (χ0) is 20.8. The van der Waals surface area contributed by atoms with E-state index < -0.39 is 0 Å². The van der Waals surface area contributed by atoms with Crippen LogP contribution in [0.5, 0.6) is 0 Å². The lowest BCUT2D eigenvalue weighted by atomic mass is 9.90. The van der Waals surface area contributed by atoms with Crippen molar-refractivity contribution in [3.05, 3.63) is 0 Å². The van der Waals surface area contributed by atoms with Crippen molar-refractivity contribution in [2.75, 3.05) is 20.0 Å².